The van der Waals surface area contributed by atoms with E-state index in [0.717, 1.165) is 32.7 Å². The molecule has 0 radical (unpaired) electrons. The number of nitrogens with one attached hydrogen (secondary N) is 1. The van der Waals surface area contributed by atoms with Crippen molar-refractivity contribution in [1.29, 1.82) is 0 Å². The van der Waals surface area contributed by atoms with Crippen molar-refractivity contribution in [2.24, 2.45) is 11.8 Å². The van der Waals surface area contributed by atoms with Gasteiger partial charge in [-0.05, 0) is 25.8 Å². The third-order valence-corrected chi connectivity index (χ3v) is 3.16. The van der Waals surface area contributed by atoms with Crippen molar-refractivity contribution < 1.29 is 9.53 Å². The van der Waals surface area contributed by atoms with Crippen molar-refractivity contribution in [3.63, 3.8) is 0 Å². The summed E-state index contributed by atoms with van der Waals surface area (Å²) in [6, 6.07) is 0. The molecular formula is C12H24N2O2. The molecule has 0 aromatic carbocycles. The molecule has 0 aromatic heterocycles. The fourth-order valence-corrected chi connectivity index (χ4v) is 2.34. The highest BCUT2D eigenvalue weighted by Crippen LogP contribution is 2.18. The van der Waals surface area contributed by atoms with Gasteiger partial charge in [0, 0.05) is 32.7 Å². The third-order valence-electron chi connectivity index (χ3n) is 3.16. The van der Waals surface area contributed by atoms with Gasteiger partial charge in [0.05, 0.1) is 6.61 Å². The molecule has 1 rings (SSSR count). The average molecular weight is 228 g/mol. The number of carbonyl (C=O) groups excluding carboxylic acids is 1. The van der Waals surface area contributed by atoms with E-state index in [0.29, 0.717) is 5.92 Å². The molecule has 2 atom stereocenters. The number of rotatable bonds is 5. The highest BCUT2D eigenvalue weighted by Gasteiger charge is 2.26. The van der Waals surface area contributed by atoms with Crippen molar-refractivity contribution in [2.45, 2.75) is 19.8 Å². The van der Waals surface area contributed by atoms with Crippen molar-refractivity contribution in [3.05, 3.63) is 0 Å². The Bertz CT molecular complexity index is 219. The van der Waals surface area contributed by atoms with Crippen LogP contribution in [0.1, 0.15) is 19.8 Å². The van der Waals surface area contributed by atoms with Crippen molar-refractivity contribution in [3.8, 4) is 0 Å². The summed E-state index contributed by atoms with van der Waals surface area (Å²) in [5, 5.41) is 3.05. The number of nitrogens with zero attached hydrogens (tertiary/aromatic N) is 1. The van der Waals surface area contributed by atoms with E-state index < -0.39 is 0 Å². The zero-order valence-corrected chi connectivity index (χ0v) is 10.7. The maximum absolute atomic E-state index is 12.1. The summed E-state index contributed by atoms with van der Waals surface area (Å²) in [4.78, 5) is 14.1. The Kier molecular flexibility index (Phi) is 5.77. The smallest absolute Gasteiger partial charge is 0.226 e. The zero-order chi connectivity index (χ0) is 12.0. The lowest BCUT2D eigenvalue weighted by Gasteiger charge is -2.34. The van der Waals surface area contributed by atoms with Crippen LogP contribution in [0.25, 0.3) is 0 Å². The largest absolute Gasteiger partial charge is 0.384 e. The minimum Gasteiger partial charge on any atom is -0.384 e. The predicted molar refractivity (Wildman–Crippen MR) is 64.3 cm³/mol. The lowest BCUT2D eigenvalue weighted by molar-refractivity contribution is -0.137. The topological polar surface area (TPSA) is 41.6 Å². The summed E-state index contributed by atoms with van der Waals surface area (Å²) in [7, 11) is 3.61. The van der Waals surface area contributed by atoms with Gasteiger partial charge in [-0.15, -0.1) is 0 Å². The number of hydrogen-bond donors (Lipinski definition) is 1. The van der Waals surface area contributed by atoms with Gasteiger partial charge in [0.2, 0.25) is 5.91 Å². The van der Waals surface area contributed by atoms with Crippen LogP contribution in [0.2, 0.25) is 0 Å². The molecule has 0 bridgehead atoms. The van der Waals surface area contributed by atoms with Crippen LogP contribution in [0.5, 0.6) is 0 Å². The van der Waals surface area contributed by atoms with Crippen LogP contribution in [0.4, 0.5) is 0 Å². The van der Waals surface area contributed by atoms with Crippen LogP contribution in [0.15, 0.2) is 0 Å². The maximum Gasteiger partial charge on any atom is 0.226 e. The Morgan fingerprint density at radius 1 is 1.62 bits per heavy atom. The predicted octanol–water partition coefficient (Wildman–Crippen LogP) is 0.727. The van der Waals surface area contributed by atoms with Gasteiger partial charge < -0.3 is 15.0 Å². The van der Waals surface area contributed by atoms with Crippen LogP contribution >= 0.6 is 0 Å². The lowest BCUT2D eigenvalue weighted by Crippen LogP contribution is -2.45. The van der Waals surface area contributed by atoms with E-state index in [1.54, 1.807) is 7.11 Å². The van der Waals surface area contributed by atoms with Crippen molar-refractivity contribution in [2.75, 3.05) is 40.4 Å². The van der Waals surface area contributed by atoms with Gasteiger partial charge >= 0.3 is 0 Å². The summed E-state index contributed by atoms with van der Waals surface area (Å²) < 4.78 is 5.17. The molecule has 0 saturated carbocycles. The van der Waals surface area contributed by atoms with E-state index in [1.165, 1.54) is 6.42 Å². The number of ether oxygens (including phenoxy) is 1. The summed E-state index contributed by atoms with van der Waals surface area (Å²) >= 11 is 0. The number of amides is 1. The Balaban J connectivity index is 2.43. The monoisotopic (exact) mass is 228 g/mol. The van der Waals surface area contributed by atoms with E-state index in [4.69, 9.17) is 4.74 Å². The van der Waals surface area contributed by atoms with Gasteiger partial charge in [-0.2, -0.15) is 0 Å². The van der Waals surface area contributed by atoms with E-state index in [2.05, 4.69) is 5.32 Å². The van der Waals surface area contributed by atoms with Crippen LogP contribution < -0.4 is 5.32 Å². The van der Waals surface area contributed by atoms with Crippen LogP contribution in [0.3, 0.4) is 0 Å². The molecule has 1 aliphatic heterocycles. The second-order valence-corrected chi connectivity index (χ2v) is 4.71. The maximum atomic E-state index is 12.1. The summed E-state index contributed by atoms with van der Waals surface area (Å²) in [6.07, 6.45) is 2.28. The second-order valence-electron chi connectivity index (χ2n) is 4.71. The highest BCUT2D eigenvalue weighted by atomic mass is 16.5. The Hall–Kier alpha value is -0.610. The minimum absolute atomic E-state index is 0.0753. The van der Waals surface area contributed by atoms with Crippen molar-refractivity contribution >= 4 is 5.91 Å². The molecule has 4 nitrogen and oxygen atoms in total. The van der Waals surface area contributed by atoms with Gasteiger partial charge in [-0.3, -0.25) is 4.79 Å². The standard InChI is InChI=1S/C12H24N2O2/c1-10(7-13-2)12(15)14-6-4-5-11(8-14)9-16-3/h10-11,13H,4-9H2,1-3H3. The fraction of sp³-hybridized carbons (Fsp3) is 0.917. The molecule has 1 saturated heterocycles. The zero-order valence-electron chi connectivity index (χ0n) is 10.7. The van der Waals surface area contributed by atoms with Crippen LogP contribution in [0, 0.1) is 11.8 Å². The first kappa shape index (κ1) is 13.5. The van der Waals surface area contributed by atoms with Crippen molar-refractivity contribution in [1.82, 2.24) is 10.2 Å². The Morgan fingerprint density at radius 2 is 2.38 bits per heavy atom. The number of methoxy groups -OCH3 is 1. The Labute approximate surface area is 98.3 Å². The van der Waals surface area contributed by atoms with Gasteiger partial charge in [0.15, 0.2) is 0 Å². The molecule has 1 amide bonds. The molecule has 0 aromatic rings. The molecule has 1 fully saturated rings. The van der Waals surface area contributed by atoms with Gasteiger partial charge in [-0.25, -0.2) is 0 Å². The molecule has 1 heterocycles. The van der Waals surface area contributed by atoms with E-state index in [1.807, 2.05) is 18.9 Å². The molecule has 94 valence electrons. The molecule has 2 unspecified atom stereocenters. The molecule has 1 aliphatic rings. The minimum atomic E-state index is 0.0753. The van der Waals surface area contributed by atoms with Gasteiger partial charge in [0.25, 0.3) is 0 Å². The first-order valence-electron chi connectivity index (χ1n) is 6.11. The lowest BCUT2D eigenvalue weighted by atomic mass is 9.97. The van der Waals surface area contributed by atoms with E-state index in [9.17, 15) is 4.79 Å². The normalized spacial score (nSPS) is 23.2. The fourth-order valence-electron chi connectivity index (χ4n) is 2.34. The van der Waals surface area contributed by atoms with Gasteiger partial charge in [0.1, 0.15) is 0 Å². The number of carbonyl (C=O) groups is 1. The molecular weight excluding hydrogens is 204 g/mol. The van der Waals surface area contributed by atoms with Gasteiger partial charge in [-0.1, -0.05) is 6.92 Å². The second kappa shape index (κ2) is 6.86. The molecule has 1 N–H and O–H groups in total. The number of hydrogen-bond acceptors (Lipinski definition) is 3. The Morgan fingerprint density at radius 3 is 3.00 bits per heavy atom. The first-order chi connectivity index (χ1) is 7.69. The number of likely N-dealkylation sites (tertiary alicyclic amines) is 1. The number of piperidine rings is 1. The van der Waals surface area contributed by atoms with Crippen LogP contribution in [-0.4, -0.2) is 51.2 Å². The van der Waals surface area contributed by atoms with Crippen LogP contribution in [-0.2, 0) is 9.53 Å². The highest BCUT2D eigenvalue weighted by molar-refractivity contribution is 5.78. The molecule has 0 spiro atoms. The van der Waals surface area contributed by atoms with E-state index in [-0.39, 0.29) is 11.8 Å². The summed E-state index contributed by atoms with van der Waals surface area (Å²) in [5.41, 5.74) is 0. The quantitative estimate of drug-likeness (QED) is 0.754. The SMILES string of the molecule is CNCC(C)C(=O)N1CCCC(COC)C1. The summed E-state index contributed by atoms with van der Waals surface area (Å²) in [5.74, 6) is 0.867. The average Bonchev–Trinajstić information content (AvgIpc) is 2.29. The molecule has 4 heteroatoms. The molecule has 0 aliphatic carbocycles. The third kappa shape index (κ3) is 3.76. The van der Waals surface area contributed by atoms with E-state index >= 15 is 0 Å². The summed E-state index contributed by atoms with van der Waals surface area (Å²) in [6.45, 7) is 5.28. The first-order valence-corrected chi connectivity index (χ1v) is 6.11. The molecule has 16 heavy (non-hydrogen) atoms.